The summed E-state index contributed by atoms with van der Waals surface area (Å²) in [6, 6.07) is 27.3. The molecule has 0 spiro atoms. The third kappa shape index (κ3) is 4.56. The van der Waals surface area contributed by atoms with Gasteiger partial charge in [0.25, 0.3) is 0 Å². The SMILES string of the molecule is Cc1ccc(C2=CN(C(=S)NCc3ccccc3)C(c3cc4cccc(C)c4nc3Cl)C2)cc1. The first-order valence-electron chi connectivity index (χ1n) is 11.4. The second-order valence-corrected chi connectivity index (χ2v) is 9.55. The van der Waals surface area contributed by atoms with Gasteiger partial charge in [0.1, 0.15) is 5.15 Å². The smallest absolute Gasteiger partial charge is 0.173 e. The van der Waals surface area contributed by atoms with Crippen molar-refractivity contribution < 1.29 is 0 Å². The summed E-state index contributed by atoms with van der Waals surface area (Å²) in [5, 5.41) is 5.73. The number of fused-ring (bicyclic) bond motifs is 1. The first-order chi connectivity index (χ1) is 16.5. The zero-order valence-electron chi connectivity index (χ0n) is 19.3. The fraction of sp³-hybridized carbons (Fsp3) is 0.172. The highest BCUT2D eigenvalue weighted by Gasteiger charge is 2.31. The van der Waals surface area contributed by atoms with Gasteiger partial charge in [-0.25, -0.2) is 4.98 Å². The highest BCUT2D eigenvalue weighted by Crippen LogP contribution is 2.42. The molecule has 3 nitrogen and oxygen atoms in total. The minimum absolute atomic E-state index is 0.0306. The number of nitrogens with zero attached hydrogens (tertiary/aromatic N) is 2. The number of thiocarbonyl (C=S) groups is 1. The molecule has 170 valence electrons. The molecule has 0 bridgehead atoms. The lowest BCUT2D eigenvalue weighted by Crippen LogP contribution is -2.36. The van der Waals surface area contributed by atoms with Crippen LogP contribution in [0.25, 0.3) is 16.5 Å². The molecule has 0 fully saturated rings. The van der Waals surface area contributed by atoms with Crippen molar-refractivity contribution in [2.75, 3.05) is 0 Å². The molecule has 1 atom stereocenters. The van der Waals surface area contributed by atoms with E-state index in [2.05, 4.69) is 90.9 Å². The summed E-state index contributed by atoms with van der Waals surface area (Å²) in [5.41, 5.74) is 7.91. The Morgan fingerprint density at radius 1 is 1.03 bits per heavy atom. The van der Waals surface area contributed by atoms with E-state index >= 15 is 0 Å². The highest BCUT2D eigenvalue weighted by atomic mass is 35.5. The summed E-state index contributed by atoms with van der Waals surface area (Å²) >= 11 is 12.7. The van der Waals surface area contributed by atoms with Crippen LogP contribution >= 0.6 is 23.8 Å². The molecule has 0 saturated heterocycles. The van der Waals surface area contributed by atoms with Crippen molar-refractivity contribution in [1.82, 2.24) is 15.2 Å². The Kier molecular flexibility index (Phi) is 6.36. The molecule has 1 aromatic heterocycles. The summed E-state index contributed by atoms with van der Waals surface area (Å²) in [5.74, 6) is 0. The number of aromatic nitrogens is 1. The number of para-hydroxylation sites is 1. The Morgan fingerprint density at radius 3 is 2.56 bits per heavy atom. The van der Waals surface area contributed by atoms with E-state index in [9.17, 15) is 0 Å². The predicted molar refractivity (Wildman–Crippen MR) is 146 cm³/mol. The second-order valence-electron chi connectivity index (χ2n) is 8.81. The molecule has 3 aromatic carbocycles. The number of hydrogen-bond acceptors (Lipinski definition) is 2. The average Bonchev–Trinajstić information content (AvgIpc) is 3.29. The van der Waals surface area contributed by atoms with Crippen molar-refractivity contribution in [3.63, 3.8) is 0 Å². The van der Waals surface area contributed by atoms with Crippen LogP contribution in [-0.4, -0.2) is 15.0 Å². The van der Waals surface area contributed by atoms with E-state index in [1.54, 1.807) is 0 Å². The Bertz CT molecular complexity index is 1380. The largest absolute Gasteiger partial charge is 0.358 e. The van der Waals surface area contributed by atoms with E-state index < -0.39 is 0 Å². The van der Waals surface area contributed by atoms with Crippen LogP contribution in [0.15, 0.2) is 85.1 Å². The fourth-order valence-corrected chi connectivity index (χ4v) is 4.99. The molecular weight excluding hydrogens is 458 g/mol. The van der Waals surface area contributed by atoms with Crippen LogP contribution in [0.1, 0.15) is 40.3 Å². The summed E-state index contributed by atoms with van der Waals surface area (Å²) in [7, 11) is 0. The van der Waals surface area contributed by atoms with Gasteiger partial charge >= 0.3 is 0 Å². The molecule has 5 rings (SSSR count). The molecule has 1 aliphatic heterocycles. The number of halogens is 1. The van der Waals surface area contributed by atoms with Gasteiger partial charge in [-0.2, -0.15) is 0 Å². The Morgan fingerprint density at radius 2 is 1.79 bits per heavy atom. The van der Waals surface area contributed by atoms with Crippen molar-refractivity contribution in [3.8, 4) is 0 Å². The summed E-state index contributed by atoms with van der Waals surface area (Å²) in [6.07, 6.45) is 2.96. The zero-order chi connectivity index (χ0) is 23.7. The van der Waals surface area contributed by atoms with Gasteiger partial charge in [-0.1, -0.05) is 90.0 Å². The summed E-state index contributed by atoms with van der Waals surface area (Å²) < 4.78 is 0. The highest BCUT2D eigenvalue weighted by molar-refractivity contribution is 7.80. The maximum Gasteiger partial charge on any atom is 0.173 e. The van der Waals surface area contributed by atoms with E-state index in [0.29, 0.717) is 16.8 Å². The lowest BCUT2D eigenvalue weighted by atomic mass is 9.97. The molecule has 1 unspecified atom stereocenters. The van der Waals surface area contributed by atoms with Crippen LogP contribution in [0.3, 0.4) is 0 Å². The minimum Gasteiger partial charge on any atom is -0.358 e. The van der Waals surface area contributed by atoms with Crippen molar-refractivity contribution in [2.45, 2.75) is 32.9 Å². The van der Waals surface area contributed by atoms with Gasteiger partial charge in [-0.3, -0.25) is 0 Å². The first kappa shape index (κ1) is 22.6. The van der Waals surface area contributed by atoms with E-state index in [-0.39, 0.29) is 6.04 Å². The lowest BCUT2D eigenvalue weighted by molar-refractivity contribution is 0.440. The van der Waals surface area contributed by atoms with Gasteiger partial charge in [0.15, 0.2) is 5.11 Å². The first-order valence-corrected chi connectivity index (χ1v) is 12.2. The van der Waals surface area contributed by atoms with Gasteiger partial charge < -0.3 is 10.2 Å². The van der Waals surface area contributed by atoms with Crippen LogP contribution in [-0.2, 0) is 6.54 Å². The third-order valence-electron chi connectivity index (χ3n) is 6.37. The van der Waals surface area contributed by atoms with E-state index in [1.165, 1.54) is 22.3 Å². The van der Waals surface area contributed by atoms with Crippen molar-refractivity contribution in [3.05, 3.63) is 118 Å². The maximum absolute atomic E-state index is 6.79. The maximum atomic E-state index is 6.79. The molecule has 0 radical (unpaired) electrons. The fourth-order valence-electron chi connectivity index (χ4n) is 4.48. The van der Waals surface area contributed by atoms with Crippen LogP contribution < -0.4 is 5.32 Å². The number of hydrogen-bond donors (Lipinski definition) is 1. The van der Waals surface area contributed by atoms with E-state index in [0.717, 1.165) is 28.5 Å². The van der Waals surface area contributed by atoms with Crippen LogP contribution in [0.4, 0.5) is 0 Å². The van der Waals surface area contributed by atoms with Crippen LogP contribution in [0.5, 0.6) is 0 Å². The monoisotopic (exact) mass is 483 g/mol. The van der Waals surface area contributed by atoms with Gasteiger partial charge in [0.05, 0.1) is 11.6 Å². The molecule has 34 heavy (non-hydrogen) atoms. The molecule has 2 heterocycles. The number of pyridine rings is 1. The Hall–Kier alpha value is -3.21. The van der Waals surface area contributed by atoms with E-state index in [1.807, 2.05) is 18.2 Å². The zero-order valence-corrected chi connectivity index (χ0v) is 20.8. The molecule has 0 aliphatic carbocycles. The predicted octanol–water partition coefficient (Wildman–Crippen LogP) is 7.37. The number of nitrogens with one attached hydrogen (secondary N) is 1. The molecule has 4 aromatic rings. The minimum atomic E-state index is -0.0306. The molecular formula is C29H26ClN3S. The number of benzene rings is 3. The average molecular weight is 484 g/mol. The lowest BCUT2D eigenvalue weighted by Gasteiger charge is -2.27. The molecule has 5 heteroatoms. The standard InChI is InChI=1S/C29H26ClN3S/c1-19-11-13-22(14-12-19)24-16-26(25-15-23-10-6-7-20(2)27(23)32-28(25)30)33(18-24)29(34)31-17-21-8-4-3-5-9-21/h3-15,18,26H,16-17H2,1-2H3,(H,31,34). The molecule has 1 N–H and O–H groups in total. The summed E-state index contributed by atoms with van der Waals surface area (Å²) in [6.45, 7) is 4.83. The van der Waals surface area contributed by atoms with Crippen LogP contribution in [0.2, 0.25) is 5.15 Å². The quantitative estimate of drug-likeness (QED) is 0.242. The molecule has 0 amide bonds. The Labute approximate surface area is 211 Å². The van der Waals surface area contributed by atoms with Gasteiger partial charge in [0, 0.05) is 23.7 Å². The third-order valence-corrected chi connectivity index (χ3v) is 7.03. The normalized spacial score (nSPS) is 15.4. The molecule has 0 saturated carbocycles. The van der Waals surface area contributed by atoms with E-state index in [4.69, 9.17) is 28.8 Å². The van der Waals surface area contributed by atoms with Crippen molar-refractivity contribution >= 4 is 45.4 Å². The Balaban J connectivity index is 1.50. The topological polar surface area (TPSA) is 28.2 Å². The second kappa shape index (κ2) is 9.57. The van der Waals surface area contributed by atoms with Crippen LogP contribution in [0, 0.1) is 13.8 Å². The van der Waals surface area contributed by atoms with Crippen molar-refractivity contribution in [2.24, 2.45) is 0 Å². The summed E-state index contributed by atoms with van der Waals surface area (Å²) in [4.78, 5) is 6.91. The molecule has 1 aliphatic rings. The van der Waals surface area contributed by atoms with Gasteiger partial charge in [0.2, 0.25) is 0 Å². The van der Waals surface area contributed by atoms with Crippen molar-refractivity contribution in [1.29, 1.82) is 0 Å². The van der Waals surface area contributed by atoms with Gasteiger partial charge in [-0.05, 0) is 60.8 Å². The van der Waals surface area contributed by atoms with Gasteiger partial charge in [-0.15, -0.1) is 0 Å². The number of rotatable bonds is 4. The number of aryl methyl sites for hydroxylation is 2.